The fraction of sp³-hybridized carbons (Fsp3) is 0.381. The third-order valence-electron chi connectivity index (χ3n) is 5.31. The van der Waals surface area contributed by atoms with E-state index in [1.165, 1.54) is 10.4 Å². The highest BCUT2D eigenvalue weighted by molar-refractivity contribution is 7.19. The maximum Gasteiger partial charge on any atom is 0.185 e. The highest BCUT2D eigenvalue weighted by Gasteiger charge is 2.40. The number of para-hydroxylation sites is 1. The summed E-state index contributed by atoms with van der Waals surface area (Å²) >= 11 is 1.76. The lowest BCUT2D eigenvalue weighted by Gasteiger charge is -2.42. The summed E-state index contributed by atoms with van der Waals surface area (Å²) < 4.78 is 7.29. The third-order valence-corrected chi connectivity index (χ3v) is 6.78. The van der Waals surface area contributed by atoms with Crippen LogP contribution in [0.4, 0.5) is 0 Å². The molecule has 0 amide bonds. The molecule has 7 heteroatoms. The predicted octanol–water partition coefficient (Wildman–Crippen LogP) is 4.17. The molecule has 144 valence electrons. The Kier molecular flexibility index (Phi) is 3.61. The number of hydrogen-bond acceptors (Lipinski definition) is 6. The van der Waals surface area contributed by atoms with Crippen molar-refractivity contribution in [2.24, 2.45) is 0 Å². The van der Waals surface area contributed by atoms with Gasteiger partial charge in [0.05, 0.1) is 18.1 Å². The summed E-state index contributed by atoms with van der Waals surface area (Å²) in [6.45, 7) is 8.98. The lowest BCUT2D eigenvalue weighted by atomic mass is 9.82. The Hall–Kier alpha value is -2.51. The molecule has 1 aromatic carbocycles. The summed E-state index contributed by atoms with van der Waals surface area (Å²) in [7, 11) is 1.67. The van der Waals surface area contributed by atoms with Crippen molar-refractivity contribution in [2.45, 2.75) is 45.2 Å². The maximum atomic E-state index is 5.50. The van der Waals surface area contributed by atoms with Crippen LogP contribution in [0.25, 0.3) is 27.3 Å². The van der Waals surface area contributed by atoms with Gasteiger partial charge in [-0.2, -0.15) is 0 Å². The quantitative estimate of drug-likeness (QED) is 0.554. The molecule has 1 N–H and O–H groups in total. The average molecular weight is 394 g/mol. The van der Waals surface area contributed by atoms with E-state index in [0.29, 0.717) is 5.82 Å². The van der Waals surface area contributed by atoms with Gasteiger partial charge in [-0.1, -0.05) is 12.1 Å². The summed E-state index contributed by atoms with van der Waals surface area (Å²) in [5.41, 5.74) is 2.98. The molecule has 3 aromatic heterocycles. The lowest BCUT2D eigenvalue weighted by molar-refractivity contribution is 0.248. The first kappa shape index (κ1) is 17.6. The minimum atomic E-state index is -0.106. The molecule has 0 saturated heterocycles. The molecule has 0 aliphatic carbocycles. The normalized spacial score (nSPS) is 17.8. The molecule has 0 atom stereocenters. The van der Waals surface area contributed by atoms with Crippen molar-refractivity contribution in [3.63, 3.8) is 0 Å². The average Bonchev–Trinajstić information content (AvgIpc) is 3.21. The second-order valence-corrected chi connectivity index (χ2v) is 9.55. The van der Waals surface area contributed by atoms with E-state index in [4.69, 9.17) is 19.8 Å². The zero-order valence-corrected chi connectivity index (χ0v) is 17.5. The van der Waals surface area contributed by atoms with Gasteiger partial charge in [0, 0.05) is 16.0 Å². The molecule has 4 heterocycles. The van der Waals surface area contributed by atoms with Crippen LogP contribution in [0.15, 0.2) is 30.6 Å². The molecule has 4 aromatic rings. The van der Waals surface area contributed by atoms with E-state index >= 15 is 0 Å². The summed E-state index contributed by atoms with van der Waals surface area (Å²) in [5.74, 6) is 1.42. The minimum absolute atomic E-state index is 0.00281. The van der Waals surface area contributed by atoms with Gasteiger partial charge in [0.2, 0.25) is 0 Å². The number of benzene rings is 1. The first-order chi connectivity index (χ1) is 13.3. The maximum absolute atomic E-state index is 5.50. The second-order valence-electron chi connectivity index (χ2n) is 8.55. The van der Waals surface area contributed by atoms with Crippen molar-refractivity contribution < 1.29 is 4.74 Å². The van der Waals surface area contributed by atoms with Gasteiger partial charge in [-0.25, -0.2) is 14.5 Å². The van der Waals surface area contributed by atoms with Crippen LogP contribution in [-0.2, 0) is 12.0 Å². The number of aromatic nitrogens is 4. The molecule has 0 saturated carbocycles. The number of methoxy groups -OCH3 is 1. The fourth-order valence-electron chi connectivity index (χ4n) is 4.46. The zero-order chi connectivity index (χ0) is 19.7. The van der Waals surface area contributed by atoms with Crippen molar-refractivity contribution in [3.8, 4) is 17.1 Å². The molecule has 1 aliphatic heterocycles. The molecule has 0 bridgehead atoms. The Bertz CT molecular complexity index is 1220. The molecule has 6 nitrogen and oxygen atoms in total. The van der Waals surface area contributed by atoms with Gasteiger partial charge < -0.3 is 10.1 Å². The van der Waals surface area contributed by atoms with Crippen LogP contribution < -0.4 is 10.1 Å². The van der Waals surface area contributed by atoms with Crippen LogP contribution in [0, 0.1) is 0 Å². The Morgan fingerprint density at radius 2 is 1.96 bits per heavy atom. The van der Waals surface area contributed by atoms with Crippen molar-refractivity contribution in [1.82, 2.24) is 24.9 Å². The van der Waals surface area contributed by atoms with Crippen molar-refractivity contribution >= 4 is 27.2 Å². The Balaban J connectivity index is 1.79. The summed E-state index contributed by atoms with van der Waals surface area (Å²) in [6.07, 6.45) is 2.70. The van der Waals surface area contributed by atoms with Gasteiger partial charge in [-0.3, -0.25) is 0 Å². The topological polar surface area (TPSA) is 64.3 Å². The Labute approximate surface area is 167 Å². The zero-order valence-electron chi connectivity index (χ0n) is 16.7. The SMILES string of the molecule is COc1ccccc1-c1nc2c3c4c(sc3ncn2n1)C(C)(C)NC(C)(C)C4. The smallest absolute Gasteiger partial charge is 0.185 e. The number of nitrogens with one attached hydrogen (secondary N) is 1. The van der Waals surface area contributed by atoms with Gasteiger partial charge in [0.25, 0.3) is 0 Å². The number of hydrogen-bond donors (Lipinski definition) is 1. The van der Waals surface area contributed by atoms with Crippen LogP contribution in [0.5, 0.6) is 5.75 Å². The number of thiophene rings is 1. The monoisotopic (exact) mass is 393 g/mol. The third kappa shape index (κ3) is 2.53. The van der Waals surface area contributed by atoms with Crippen LogP contribution >= 0.6 is 11.3 Å². The van der Waals surface area contributed by atoms with Gasteiger partial charge in [-0.15, -0.1) is 16.4 Å². The predicted molar refractivity (Wildman–Crippen MR) is 112 cm³/mol. The summed E-state index contributed by atoms with van der Waals surface area (Å²) in [6, 6.07) is 7.83. The molecule has 28 heavy (non-hydrogen) atoms. The van der Waals surface area contributed by atoms with Gasteiger partial charge in [-0.05, 0) is 51.8 Å². The van der Waals surface area contributed by atoms with Crippen LogP contribution in [0.1, 0.15) is 38.1 Å². The molecular formula is C21H23N5OS. The van der Waals surface area contributed by atoms with Gasteiger partial charge >= 0.3 is 0 Å². The highest BCUT2D eigenvalue weighted by atomic mass is 32.1. The van der Waals surface area contributed by atoms with Gasteiger partial charge in [0.1, 0.15) is 16.9 Å². The van der Waals surface area contributed by atoms with E-state index in [9.17, 15) is 0 Å². The van der Waals surface area contributed by atoms with Crippen LogP contribution in [0.3, 0.4) is 0 Å². The lowest BCUT2D eigenvalue weighted by Crippen LogP contribution is -2.54. The highest BCUT2D eigenvalue weighted by Crippen LogP contribution is 2.44. The minimum Gasteiger partial charge on any atom is -0.496 e. The fourth-order valence-corrected chi connectivity index (χ4v) is 5.67. The van der Waals surface area contributed by atoms with E-state index < -0.39 is 0 Å². The van der Waals surface area contributed by atoms with Crippen LogP contribution in [-0.4, -0.2) is 32.2 Å². The van der Waals surface area contributed by atoms with E-state index in [-0.39, 0.29) is 11.1 Å². The Morgan fingerprint density at radius 3 is 2.75 bits per heavy atom. The van der Waals surface area contributed by atoms with Gasteiger partial charge in [0.15, 0.2) is 11.5 Å². The number of ether oxygens (including phenoxy) is 1. The first-order valence-electron chi connectivity index (χ1n) is 9.39. The van der Waals surface area contributed by atoms with Crippen LogP contribution in [0.2, 0.25) is 0 Å². The molecule has 0 unspecified atom stereocenters. The van der Waals surface area contributed by atoms with E-state index in [2.05, 4.69) is 33.0 Å². The summed E-state index contributed by atoms with van der Waals surface area (Å²) in [5, 5.41) is 9.59. The van der Waals surface area contributed by atoms with Crippen molar-refractivity contribution in [2.75, 3.05) is 7.11 Å². The largest absolute Gasteiger partial charge is 0.496 e. The number of fused-ring (bicyclic) bond motifs is 5. The number of rotatable bonds is 2. The van der Waals surface area contributed by atoms with Crippen molar-refractivity contribution in [1.29, 1.82) is 0 Å². The molecule has 0 radical (unpaired) electrons. The molecule has 0 spiro atoms. The second kappa shape index (κ2) is 5.75. The molecule has 5 rings (SSSR count). The molecular weight excluding hydrogens is 370 g/mol. The number of nitrogens with zero attached hydrogens (tertiary/aromatic N) is 4. The Morgan fingerprint density at radius 1 is 1.18 bits per heavy atom. The van der Waals surface area contributed by atoms with E-state index in [0.717, 1.165) is 33.6 Å². The molecule has 1 aliphatic rings. The first-order valence-corrected chi connectivity index (χ1v) is 10.2. The summed E-state index contributed by atoms with van der Waals surface area (Å²) in [4.78, 5) is 12.0. The van der Waals surface area contributed by atoms with Crippen molar-refractivity contribution in [3.05, 3.63) is 41.0 Å². The standard InChI is InChI=1S/C21H23N5OS/c1-20(2)10-13-15-18-23-17(12-8-6-7-9-14(12)27-5)24-26(18)11-22-19(15)28-16(13)21(3,4)25-20/h6-9,11,25H,10H2,1-5H3. The van der Waals surface area contributed by atoms with E-state index in [1.54, 1.807) is 29.3 Å². The molecule has 0 fully saturated rings. The van der Waals surface area contributed by atoms with E-state index in [1.807, 2.05) is 24.3 Å².